The molecule has 1 aliphatic rings. The molecule has 2 unspecified atom stereocenters. The Morgan fingerprint density at radius 1 is 1.36 bits per heavy atom. The average molecular weight is 342 g/mol. The van der Waals surface area contributed by atoms with Crippen molar-refractivity contribution in [3.05, 3.63) is 53.9 Å². The molecule has 25 heavy (non-hydrogen) atoms. The molecule has 1 aliphatic heterocycles. The molecule has 0 radical (unpaired) electrons. The summed E-state index contributed by atoms with van der Waals surface area (Å²) in [7, 11) is 0. The number of benzene rings is 1. The fraction of sp³-hybridized carbons (Fsp3) is 0.474. The molecule has 2 amide bonds. The summed E-state index contributed by atoms with van der Waals surface area (Å²) in [6, 6.07) is 10.1. The molecule has 2 heterocycles. The maximum Gasteiger partial charge on any atom is 0.317 e. The second kappa shape index (κ2) is 8.16. The van der Waals surface area contributed by atoms with E-state index in [1.54, 1.807) is 18.0 Å². The molecule has 1 fully saturated rings. The minimum Gasteiger partial charge on any atom is -0.393 e. The van der Waals surface area contributed by atoms with E-state index >= 15 is 0 Å². The molecule has 1 aromatic heterocycles. The molecule has 134 valence electrons. The third kappa shape index (κ3) is 4.82. The van der Waals surface area contributed by atoms with Crippen molar-refractivity contribution in [1.82, 2.24) is 20.0 Å². The highest BCUT2D eigenvalue weighted by atomic mass is 16.3. The van der Waals surface area contributed by atoms with E-state index in [4.69, 9.17) is 0 Å². The number of rotatable bonds is 5. The minimum absolute atomic E-state index is 0.0684. The number of carbonyl (C=O) groups excluding carboxylic acids is 1. The van der Waals surface area contributed by atoms with Crippen molar-refractivity contribution in [2.75, 3.05) is 13.1 Å². The van der Waals surface area contributed by atoms with Crippen LogP contribution in [0.3, 0.4) is 0 Å². The number of aliphatic hydroxyl groups is 1. The molecular weight excluding hydrogens is 316 g/mol. The van der Waals surface area contributed by atoms with Gasteiger partial charge in [0.1, 0.15) is 0 Å². The third-order valence-corrected chi connectivity index (χ3v) is 4.75. The zero-order valence-electron chi connectivity index (χ0n) is 14.6. The monoisotopic (exact) mass is 342 g/mol. The van der Waals surface area contributed by atoms with Crippen molar-refractivity contribution in [2.45, 2.75) is 39.0 Å². The summed E-state index contributed by atoms with van der Waals surface area (Å²) in [5.41, 5.74) is 2.17. The summed E-state index contributed by atoms with van der Waals surface area (Å²) in [5.74, 6) is 0.174. The second-order valence-electron chi connectivity index (χ2n) is 6.78. The van der Waals surface area contributed by atoms with Gasteiger partial charge < -0.3 is 15.3 Å². The number of hydrogen-bond donors (Lipinski definition) is 2. The number of amides is 2. The maximum atomic E-state index is 12.3. The van der Waals surface area contributed by atoms with Gasteiger partial charge in [-0.25, -0.2) is 4.79 Å². The van der Waals surface area contributed by atoms with Crippen molar-refractivity contribution < 1.29 is 9.90 Å². The Morgan fingerprint density at radius 3 is 2.92 bits per heavy atom. The first-order valence-electron chi connectivity index (χ1n) is 8.88. The van der Waals surface area contributed by atoms with E-state index in [2.05, 4.69) is 22.5 Å². The lowest BCUT2D eigenvalue weighted by Gasteiger charge is -2.34. The van der Waals surface area contributed by atoms with Crippen LogP contribution in [0.1, 0.15) is 30.9 Å². The van der Waals surface area contributed by atoms with Gasteiger partial charge >= 0.3 is 6.03 Å². The summed E-state index contributed by atoms with van der Waals surface area (Å²) in [4.78, 5) is 14.1. The van der Waals surface area contributed by atoms with Crippen molar-refractivity contribution in [3.63, 3.8) is 0 Å². The van der Waals surface area contributed by atoms with Crippen LogP contribution >= 0.6 is 0 Å². The second-order valence-corrected chi connectivity index (χ2v) is 6.78. The van der Waals surface area contributed by atoms with Gasteiger partial charge in [-0.05, 0) is 25.3 Å². The summed E-state index contributed by atoms with van der Waals surface area (Å²) in [6.07, 6.45) is 5.30. The van der Waals surface area contributed by atoms with Gasteiger partial charge in [0.25, 0.3) is 0 Å². The number of aromatic nitrogens is 2. The van der Waals surface area contributed by atoms with Crippen LogP contribution in [0.2, 0.25) is 0 Å². The Morgan fingerprint density at radius 2 is 2.16 bits per heavy atom. The van der Waals surface area contributed by atoms with Gasteiger partial charge in [0.05, 0.1) is 18.8 Å². The fourth-order valence-electron chi connectivity index (χ4n) is 3.23. The van der Waals surface area contributed by atoms with Crippen LogP contribution in [-0.2, 0) is 13.1 Å². The van der Waals surface area contributed by atoms with Crippen LogP contribution in [0.15, 0.2) is 42.7 Å². The Kier molecular flexibility index (Phi) is 5.71. The third-order valence-electron chi connectivity index (χ3n) is 4.75. The SMILES string of the molecule is CC(O)C1CCCN(C(=O)NCc2cnn(Cc3ccccc3)c2)C1. The van der Waals surface area contributed by atoms with E-state index in [1.165, 1.54) is 5.56 Å². The fourth-order valence-corrected chi connectivity index (χ4v) is 3.23. The highest BCUT2D eigenvalue weighted by Gasteiger charge is 2.26. The number of nitrogens with zero attached hydrogens (tertiary/aromatic N) is 3. The molecule has 0 saturated carbocycles. The van der Waals surface area contributed by atoms with E-state index in [9.17, 15) is 9.90 Å². The number of nitrogens with one attached hydrogen (secondary N) is 1. The Balaban J connectivity index is 1.49. The Bertz CT molecular complexity index is 684. The lowest BCUT2D eigenvalue weighted by atomic mass is 9.94. The van der Waals surface area contributed by atoms with Crippen LogP contribution in [0.5, 0.6) is 0 Å². The maximum absolute atomic E-state index is 12.3. The quantitative estimate of drug-likeness (QED) is 0.875. The number of urea groups is 1. The zero-order valence-corrected chi connectivity index (χ0v) is 14.6. The lowest BCUT2D eigenvalue weighted by molar-refractivity contribution is 0.0738. The van der Waals surface area contributed by atoms with Crippen molar-refractivity contribution in [1.29, 1.82) is 0 Å². The summed E-state index contributed by atoms with van der Waals surface area (Å²) in [5, 5.41) is 17.1. The first-order valence-corrected chi connectivity index (χ1v) is 8.88. The summed E-state index contributed by atoms with van der Waals surface area (Å²) < 4.78 is 1.88. The Labute approximate surface area is 148 Å². The highest BCUT2D eigenvalue weighted by molar-refractivity contribution is 5.74. The lowest BCUT2D eigenvalue weighted by Crippen LogP contribution is -2.47. The Hall–Kier alpha value is -2.34. The molecule has 6 nitrogen and oxygen atoms in total. The van der Waals surface area contributed by atoms with Crippen LogP contribution < -0.4 is 5.32 Å². The average Bonchev–Trinajstić information content (AvgIpc) is 3.08. The summed E-state index contributed by atoms with van der Waals surface area (Å²) in [6.45, 7) is 4.35. The van der Waals surface area contributed by atoms with E-state index in [0.717, 1.165) is 31.5 Å². The molecule has 3 rings (SSSR count). The normalized spacial score (nSPS) is 18.8. The van der Waals surface area contributed by atoms with E-state index in [0.29, 0.717) is 13.1 Å². The van der Waals surface area contributed by atoms with Crippen LogP contribution in [-0.4, -0.2) is 45.0 Å². The van der Waals surface area contributed by atoms with Gasteiger partial charge in [-0.2, -0.15) is 5.10 Å². The van der Waals surface area contributed by atoms with Gasteiger partial charge in [0, 0.05) is 37.3 Å². The molecular formula is C19H26N4O2. The van der Waals surface area contributed by atoms with Gasteiger partial charge in [-0.15, -0.1) is 0 Å². The molecule has 2 atom stereocenters. The molecule has 1 saturated heterocycles. The first-order chi connectivity index (χ1) is 12.1. The highest BCUT2D eigenvalue weighted by Crippen LogP contribution is 2.19. The van der Waals surface area contributed by atoms with E-state index in [1.807, 2.05) is 29.1 Å². The topological polar surface area (TPSA) is 70.4 Å². The smallest absolute Gasteiger partial charge is 0.317 e. The number of aliphatic hydroxyl groups excluding tert-OH is 1. The van der Waals surface area contributed by atoms with Gasteiger partial charge in [-0.1, -0.05) is 30.3 Å². The van der Waals surface area contributed by atoms with Crippen LogP contribution in [0.25, 0.3) is 0 Å². The number of hydrogen-bond acceptors (Lipinski definition) is 3. The molecule has 0 aliphatic carbocycles. The van der Waals surface area contributed by atoms with Crippen LogP contribution in [0.4, 0.5) is 4.79 Å². The van der Waals surface area contributed by atoms with Gasteiger partial charge in [-0.3, -0.25) is 4.68 Å². The van der Waals surface area contributed by atoms with Crippen molar-refractivity contribution in [3.8, 4) is 0 Å². The largest absolute Gasteiger partial charge is 0.393 e. The van der Waals surface area contributed by atoms with E-state index < -0.39 is 0 Å². The van der Waals surface area contributed by atoms with Gasteiger partial charge in [0.15, 0.2) is 0 Å². The van der Waals surface area contributed by atoms with Crippen LogP contribution in [0, 0.1) is 5.92 Å². The van der Waals surface area contributed by atoms with Gasteiger partial charge in [0.2, 0.25) is 0 Å². The molecule has 0 spiro atoms. The van der Waals surface area contributed by atoms with Crippen molar-refractivity contribution in [2.24, 2.45) is 5.92 Å². The number of carbonyl (C=O) groups is 1. The molecule has 2 N–H and O–H groups in total. The van der Waals surface area contributed by atoms with E-state index in [-0.39, 0.29) is 18.1 Å². The predicted molar refractivity (Wildman–Crippen MR) is 96.0 cm³/mol. The molecule has 2 aromatic rings. The number of piperidine rings is 1. The summed E-state index contributed by atoms with van der Waals surface area (Å²) >= 11 is 0. The molecule has 6 heteroatoms. The molecule has 1 aromatic carbocycles. The molecule has 0 bridgehead atoms. The minimum atomic E-state index is -0.369. The van der Waals surface area contributed by atoms with Crippen molar-refractivity contribution >= 4 is 6.03 Å². The predicted octanol–water partition coefficient (Wildman–Crippen LogP) is 2.23. The zero-order chi connectivity index (χ0) is 17.6. The first kappa shape index (κ1) is 17.5. The standard InChI is InChI=1S/C19H26N4O2/c1-15(24)18-8-5-9-22(14-18)19(25)20-10-17-11-21-23(13-17)12-16-6-3-2-4-7-16/h2-4,6-7,11,13,15,18,24H,5,8-10,12,14H2,1H3,(H,20,25). The number of likely N-dealkylation sites (tertiary alicyclic amines) is 1.